The fraction of sp³-hybridized carbons (Fsp3) is 0.235. The molecule has 0 heterocycles. The Kier molecular flexibility index (Phi) is 7.02. The fourth-order valence-corrected chi connectivity index (χ4v) is 2.99. The maximum Gasteiger partial charge on any atom is 0.288 e. The predicted molar refractivity (Wildman–Crippen MR) is 93.6 cm³/mol. The molecular formula is C17H18ClF2N2OS+. The molecule has 2 aromatic carbocycles. The summed E-state index contributed by atoms with van der Waals surface area (Å²) in [7, 11) is 0. The molecule has 0 aliphatic rings. The number of amides is 1. The number of nitrogens with one attached hydrogen (secondary N) is 1. The maximum atomic E-state index is 12.3. The van der Waals surface area contributed by atoms with E-state index in [0.717, 1.165) is 5.56 Å². The fourth-order valence-electron chi connectivity index (χ4n) is 2.19. The summed E-state index contributed by atoms with van der Waals surface area (Å²) in [6.07, 6.45) is 0. The van der Waals surface area contributed by atoms with Gasteiger partial charge in [0.15, 0.2) is 6.54 Å². The van der Waals surface area contributed by atoms with E-state index < -0.39 is 5.76 Å². The highest BCUT2D eigenvalue weighted by Crippen LogP contribution is 2.26. The molecule has 0 radical (unpaired) electrons. The largest absolute Gasteiger partial charge is 0.332 e. The third-order valence-corrected chi connectivity index (χ3v) is 4.48. The van der Waals surface area contributed by atoms with Crippen LogP contribution in [0.15, 0.2) is 53.4 Å². The van der Waals surface area contributed by atoms with Crippen molar-refractivity contribution < 1.29 is 18.9 Å². The van der Waals surface area contributed by atoms with Gasteiger partial charge in [-0.15, -0.1) is 0 Å². The number of hydrogen-bond acceptors (Lipinski definition) is 2. The Labute approximate surface area is 148 Å². The number of rotatable bonds is 7. The van der Waals surface area contributed by atoms with Crippen LogP contribution in [0, 0.1) is 0 Å². The van der Waals surface area contributed by atoms with Crippen LogP contribution < -0.4 is 10.6 Å². The molecule has 0 spiro atoms. The number of anilines is 1. The van der Waals surface area contributed by atoms with Gasteiger partial charge in [0.2, 0.25) is 0 Å². The molecule has 128 valence electrons. The first kappa shape index (κ1) is 18.7. The highest BCUT2D eigenvalue weighted by Gasteiger charge is 2.14. The first-order valence-electron chi connectivity index (χ1n) is 7.38. The lowest BCUT2D eigenvalue weighted by Gasteiger charge is -2.12. The second kappa shape index (κ2) is 9.01. The first-order chi connectivity index (χ1) is 11.5. The minimum absolute atomic E-state index is 0.0502. The molecule has 7 heteroatoms. The van der Waals surface area contributed by atoms with E-state index in [9.17, 15) is 13.6 Å². The molecule has 1 amide bonds. The number of alkyl halides is 2. The zero-order chi connectivity index (χ0) is 17.5. The van der Waals surface area contributed by atoms with E-state index in [0.29, 0.717) is 27.4 Å². The quantitative estimate of drug-likeness (QED) is 0.725. The number of halogens is 3. The van der Waals surface area contributed by atoms with Crippen LogP contribution in [0.2, 0.25) is 5.02 Å². The lowest BCUT2D eigenvalue weighted by atomic mass is 10.1. The Morgan fingerprint density at radius 3 is 2.50 bits per heavy atom. The van der Waals surface area contributed by atoms with Gasteiger partial charge >= 0.3 is 0 Å². The van der Waals surface area contributed by atoms with Crippen molar-refractivity contribution in [2.45, 2.75) is 23.6 Å². The molecule has 0 aromatic heterocycles. The van der Waals surface area contributed by atoms with Gasteiger partial charge in [0.25, 0.3) is 11.7 Å². The van der Waals surface area contributed by atoms with Gasteiger partial charge in [-0.2, -0.15) is 8.78 Å². The number of nitrogens with two attached hydrogens (primary N) is 1. The maximum absolute atomic E-state index is 12.3. The Hall–Kier alpha value is -1.63. The van der Waals surface area contributed by atoms with Gasteiger partial charge in [0.1, 0.15) is 6.04 Å². The number of carbonyl (C=O) groups excluding carboxylic acids is 1. The number of hydrogen-bond donors (Lipinski definition) is 2. The van der Waals surface area contributed by atoms with E-state index >= 15 is 0 Å². The van der Waals surface area contributed by atoms with Crippen LogP contribution in [0.4, 0.5) is 14.5 Å². The minimum atomic E-state index is -2.45. The van der Waals surface area contributed by atoms with Gasteiger partial charge in [0.05, 0.1) is 0 Å². The Morgan fingerprint density at radius 2 is 1.88 bits per heavy atom. The molecule has 3 N–H and O–H groups in total. The van der Waals surface area contributed by atoms with Crippen molar-refractivity contribution in [2.24, 2.45) is 0 Å². The lowest BCUT2D eigenvalue weighted by molar-refractivity contribution is -0.682. The number of benzene rings is 2. The molecular weight excluding hydrogens is 354 g/mol. The average Bonchev–Trinajstić information content (AvgIpc) is 2.54. The van der Waals surface area contributed by atoms with E-state index in [1.165, 1.54) is 0 Å². The molecule has 2 aromatic rings. The van der Waals surface area contributed by atoms with E-state index in [1.54, 1.807) is 24.3 Å². The Balaban J connectivity index is 1.84. The summed E-state index contributed by atoms with van der Waals surface area (Å²) < 4.78 is 24.5. The molecule has 3 nitrogen and oxygen atoms in total. The number of thioether (sulfide) groups is 1. The number of carbonyl (C=O) groups is 1. The van der Waals surface area contributed by atoms with Gasteiger partial charge < -0.3 is 10.6 Å². The van der Waals surface area contributed by atoms with Crippen molar-refractivity contribution in [2.75, 3.05) is 11.9 Å². The molecule has 0 aliphatic carbocycles. The molecule has 0 bridgehead atoms. The molecule has 0 unspecified atom stereocenters. The molecule has 0 aliphatic heterocycles. The highest BCUT2D eigenvalue weighted by molar-refractivity contribution is 7.99. The minimum Gasteiger partial charge on any atom is -0.332 e. The molecule has 0 saturated carbocycles. The van der Waals surface area contributed by atoms with Crippen molar-refractivity contribution in [3.63, 3.8) is 0 Å². The van der Waals surface area contributed by atoms with Crippen LogP contribution in [0.1, 0.15) is 18.5 Å². The van der Waals surface area contributed by atoms with E-state index in [-0.39, 0.29) is 18.5 Å². The third-order valence-electron chi connectivity index (χ3n) is 3.42. The Bertz CT molecular complexity index is 683. The predicted octanol–water partition coefficient (Wildman–Crippen LogP) is 3.92. The number of quaternary nitrogens is 1. The van der Waals surface area contributed by atoms with Crippen LogP contribution in [-0.4, -0.2) is 18.2 Å². The van der Waals surface area contributed by atoms with Gasteiger partial charge in [-0.3, -0.25) is 4.79 Å². The van der Waals surface area contributed by atoms with Crippen LogP contribution >= 0.6 is 23.4 Å². The molecule has 24 heavy (non-hydrogen) atoms. The van der Waals surface area contributed by atoms with Gasteiger partial charge in [-0.05, 0) is 37.3 Å². The normalized spacial score (nSPS) is 12.2. The zero-order valence-electron chi connectivity index (χ0n) is 13.0. The van der Waals surface area contributed by atoms with Gasteiger partial charge in [-0.25, -0.2) is 0 Å². The van der Waals surface area contributed by atoms with Crippen molar-refractivity contribution in [3.05, 3.63) is 59.1 Å². The summed E-state index contributed by atoms with van der Waals surface area (Å²) in [5.41, 5.74) is 1.55. The summed E-state index contributed by atoms with van der Waals surface area (Å²) in [5.74, 6) is -2.62. The monoisotopic (exact) mass is 371 g/mol. The van der Waals surface area contributed by atoms with Crippen LogP contribution in [0.3, 0.4) is 0 Å². The zero-order valence-corrected chi connectivity index (χ0v) is 14.6. The van der Waals surface area contributed by atoms with E-state index in [1.807, 2.05) is 36.5 Å². The van der Waals surface area contributed by atoms with Gasteiger partial charge in [0, 0.05) is 21.2 Å². The first-order valence-corrected chi connectivity index (χ1v) is 8.64. The summed E-state index contributed by atoms with van der Waals surface area (Å²) >= 11 is 6.61. The summed E-state index contributed by atoms with van der Waals surface area (Å²) in [6.45, 7) is 2.21. The van der Waals surface area contributed by atoms with Crippen molar-refractivity contribution in [3.8, 4) is 0 Å². The summed E-state index contributed by atoms with van der Waals surface area (Å²) in [4.78, 5) is 12.5. The second-order valence-electron chi connectivity index (χ2n) is 5.20. The second-order valence-corrected chi connectivity index (χ2v) is 6.67. The third kappa shape index (κ3) is 5.78. The van der Waals surface area contributed by atoms with Crippen LogP contribution in [0.5, 0.6) is 0 Å². The SMILES string of the molecule is C[C@H]([NH2+]CC(=O)Nc1ccc(SC(F)F)cc1)c1ccccc1Cl. The topological polar surface area (TPSA) is 45.7 Å². The molecule has 0 saturated heterocycles. The average molecular weight is 372 g/mol. The summed E-state index contributed by atoms with van der Waals surface area (Å²) in [6, 6.07) is 13.9. The lowest BCUT2D eigenvalue weighted by Crippen LogP contribution is -2.86. The van der Waals surface area contributed by atoms with Crippen LogP contribution in [0.25, 0.3) is 0 Å². The van der Waals surface area contributed by atoms with Crippen molar-refractivity contribution >= 4 is 35.0 Å². The molecule has 1 atom stereocenters. The van der Waals surface area contributed by atoms with Crippen molar-refractivity contribution in [1.29, 1.82) is 0 Å². The van der Waals surface area contributed by atoms with Crippen molar-refractivity contribution in [1.82, 2.24) is 0 Å². The molecule has 0 fully saturated rings. The van der Waals surface area contributed by atoms with E-state index in [4.69, 9.17) is 11.6 Å². The highest BCUT2D eigenvalue weighted by atomic mass is 35.5. The van der Waals surface area contributed by atoms with Gasteiger partial charge in [-0.1, -0.05) is 41.6 Å². The van der Waals surface area contributed by atoms with E-state index in [2.05, 4.69) is 5.32 Å². The van der Waals surface area contributed by atoms with Crippen LogP contribution in [-0.2, 0) is 4.79 Å². The summed E-state index contributed by atoms with van der Waals surface area (Å²) in [5, 5.41) is 5.31. The standard InChI is InChI=1S/C17H17ClF2N2OS/c1-11(14-4-2-3-5-15(14)18)21-10-16(23)22-12-6-8-13(9-7-12)24-17(19)20/h2-9,11,17,21H,10H2,1H3,(H,22,23)/p+1/t11-/m0/s1. The smallest absolute Gasteiger partial charge is 0.288 e. The Morgan fingerprint density at radius 1 is 1.21 bits per heavy atom. The molecule has 2 rings (SSSR count).